The molecule has 0 aliphatic heterocycles. The third kappa shape index (κ3) is 3.88. The molecule has 0 spiro atoms. The van der Waals surface area contributed by atoms with Gasteiger partial charge in [-0.3, -0.25) is 0 Å². The maximum atomic E-state index is 13.8. The number of anilines is 2. The normalized spacial score (nSPS) is 12.0. The molecule has 0 radical (unpaired) electrons. The highest BCUT2D eigenvalue weighted by Crippen LogP contribution is 2.28. The van der Waals surface area contributed by atoms with E-state index in [4.69, 9.17) is 10.5 Å². The predicted molar refractivity (Wildman–Crippen MR) is 85.3 cm³/mol. The van der Waals surface area contributed by atoms with Gasteiger partial charge in [0.15, 0.2) is 0 Å². The topological polar surface area (TPSA) is 47.3 Å². The van der Waals surface area contributed by atoms with Gasteiger partial charge < -0.3 is 15.8 Å². The Bertz CT molecular complexity index is 587. The Morgan fingerprint density at radius 3 is 2.62 bits per heavy atom. The third-order valence-corrected chi connectivity index (χ3v) is 3.58. The molecule has 1 atom stereocenters. The number of methoxy groups -OCH3 is 1. The van der Waals surface area contributed by atoms with Crippen molar-refractivity contribution in [2.75, 3.05) is 24.7 Å². The Hall–Kier alpha value is -2.23. The number of hydrogen-bond acceptors (Lipinski definition) is 3. The van der Waals surface area contributed by atoms with E-state index >= 15 is 0 Å². The van der Waals surface area contributed by atoms with Gasteiger partial charge in [-0.05, 0) is 17.9 Å². The summed E-state index contributed by atoms with van der Waals surface area (Å²) in [4.78, 5) is 0. The zero-order chi connectivity index (χ0) is 15.2. The van der Waals surface area contributed by atoms with Crippen LogP contribution in [-0.2, 0) is 0 Å². The summed E-state index contributed by atoms with van der Waals surface area (Å²) in [5, 5.41) is 3.10. The van der Waals surface area contributed by atoms with E-state index in [0.717, 1.165) is 6.42 Å². The van der Waals surface area contributed by atoms with Gasteiger partial charge in [0, 0.05) is 18.7 Å². The van der Waals surface area contributed by atoms with E-state index in [1.165, 1.54) is 18.7 Å². The molecule has 112 valence electrons. The van der Waals surface area contributed by atoms with Crippen LogP contribution in [-0.4, -0.2) is 13.7 Å². The van der Waals surface area contributed by atoms with E-state index in [0.29, 0.717) is 29.6 Å². The van der Waals surface area contributed by atoms with Crippen molar-refractivity contribution >= 4 is 11.4 Å². The van der Waals surface area contributed by atoms with Gasteiger partial charge >= 0.3 is 0 Å². The summed E-state index contributed by atoms with van der Waals surface area (Å²) in [6.07, 6.45) is 0.913. The number of nitrogens with two attached hydrogens (primary N) is 1. The number of hydrogen-bond donors (Lipinski definition) is 2. The Kier molecular flexibility index (Phi) is 5.04. The zero-order valence-electron chi connectivity index (χ0n) is 12.4. The van der Waals surface area contributed by atoms with Gasteiger partial charge in [-0.2, -0.15) is 0 Å². The van der Waals surface area contributed by atoms with Gasteiger partial charge in [0.2, 0.25) is 0 Å². The summed E-state index contributed by atoms with van der Waals surface area (Å²) in [5.74, 6) is 0.535. The van der Waals surface area contributed by atoms with Crippen LogP contribution >= 0.6 is 0 Å². The minimum Gasteiger partial charge on any atom is -0.495 e. The molecule has 0 amide bonds. The Balaban J connectivity index is 1.94. The molecule has 2 rings (SSSR count). The maximum Gasteiger partial charge on any atom is 0.148 e. The van der Waals surface area contributed by atoms with Crippen LogP contribution in [0.4, 0.5) is 15.8 Å². The van der Waals surface area contributed by atoms with Crippen molar-refractivity contribution in [3.05, 3.63) is 53.8 Å². The standard InChI is InChI=1S/C17H21FN2O/c1-12(13-6-4-3-5-7-13)8-9-20-16-11-17(21-2)15(19)10-14(16)18/h3-7,10-12,20H,8-9,19H2,1-2H3. The van der Waals surface area contributed by atoms with Gasteiger partial charge in [0.25, 0.3) is 0 Å². The van der Waals surface area contributed by atoms with Crippen molar-refractivity contribution in [2.24, 2.45) is 0 Å². The second kappa shape index (κ2) is 6.97. The molecule has 0 aliphatic rings. The molecule has 0 saturated heterocycles. The van der Waals surface area contributed by atoms with Crippen LogP contribution < -0.4 is 15.8 Å². The predicted octanol–water partition coefficient (Wildman–Crippen LogP) is 4.02. The molecular formula is C17H21FN2O. The maximum absolute atomic E-state index is 13.8. The number of halogens is 1. The molecule has 1 unspecified atom stereocenters. The van der Waals surface area contributed by atoms with Crippen molar-refractivity contribution in [2.45, 2.75) is 19.3 Å². The Labute approximate surface area is 124 Å². The van der Waals surface area contributed by atoms with Crippen molar-refractivity contribution in [3.63, 3.8) is 0 Å². The summed E-state index contributed by atoms with van der Waals surface area (Å²) in [5.41, 5.74) is 7.67. The number of ether oxygens (including phenoxy) is 1. The average Bonchev–Trinajstić information content (AvgIpc) is 2.50. The van der Waals surface area contributed by atoms with E-state index < -0.39 is 0 Å². The molecule has 0 aromatic heterocycles. The molecule has 0 aliphatic carbocycles. The highest BCUT2D eigenvalue weighted by Gasteiger charge is 2.09. The van der Waals surface area contributed by atoms with Crippen LogP contribution in [0.25, 0.3) is 0 Å². The van der Waals surface area contributed by atoms with Crippen LogP contribution in [0.2, 0.25) is 0 Å². The average molecular weight is 288 g/mol. The highest BCUT2D eigenvalue weighted by molar-refractivity contribution is 5.62. The first-order chi connectivity index (χ1) is 10.1. The monoisotopic (exact) mass is 288 g/mol. The lowest BCUT2D eigenvalue weighted by atomic mass is 9.98. The zero-order valence-corrected chi connectivity index (χ0v) is 12.4. The molecule has 4 heteroatoms. The summed E-state index contributed by atoms with van der Waals surface area (Å²) < 4.78 is 18.9. The fraction of sp³-hybridized carbons (Fsp3) is 0.294. The summed E-state index contributed by atoms with van der Waals surface area (Å²) >= 11 is 0. The first-order valence-corrected chi connectivity index (χ1v) is 7.03. The van der Waals surface area contributed by atoms with Crippen molar-refractivity contribution in [1.29, 1.82) is 0 Å². The number of nitrogen functional groups attached to an aromatic ring is 1. The second-order valence-electron chi connectivity index (χ2n) is 5.10. The lowest BCUT2D eigenvalue weighted by Gasteiger charge is -2.14. The van der Waals surface area contributed by atoms with Gasteiger partial charge in [-0.25, -0.2) is 4.39 Å². The van der Waals surface area contributed by atoms with Crippen LogP contribution in [0.3, 0.4) is 0 Å². The van der Waals surface area contributed by atoms with Gasteiger partial charge in [-0.1, -0.05) is 37.3 Å². The summed E-state index contributed by atoms with van der Waals surface area (Å²) in [6.45, 7) is 2.84. The van der Waals surface area contributed by atoms with Crippen LogP contribution in [0, 0.1) is 5.82 Å². The third-order valence-electron chi connectivity index (χ3n) is 3.58. The molecule has 0 fully saturated rings. The van der Waals surface area contributed by atoms with E-state index in [1.54, 1.807) is 6.07 Å². The highest BCUT2D eigenvalue weighted by atomic mass is 19.1. The van der Waals surface area contributed by atoms with Crippen molar-refractivity contribution in [3.8, 4) is 5.75 Å². The molecule has 3 nitrogen and oxygen atoms in total. The quantitative estimate of drug-likeness (QED) is 0.789. The smallest absolute Gasteiger partial charge is 0.148 e. The summed E-state index contributed by atoms with van der Waals surface area (Å²) in [6, 6.07) is 13.2. The first kappa shape index (κ1) is 15.2. The molecule has 2 aromatic rings. The second-order valence-corrected chi connectivity index (χ2v) is 5.10. The van der Waals surface area contributed by atoms with Crippen LogP contribution in [0.5, 0.6) is 5.75 Å². The Morgan fingerprint density at radius 1 is 1.24 bits per heavy atom. The molecule has 21 heavy (non-hydrogen) atoms. The molecular weight excluding hydrogens is 267 g/mol. The fourth-order valence-corrected chi connectivity index (χ4v) is 2.25. The lowest BCUT2D eigenvalue weighted by Crippen LogP contribution is -2.08. The number of benzene rings is 2. The number of nitrogens with one attached hydrogen (secondary N) is 1. The van der Waals surface area contributed by atoms with Gasteiger partial charge in [-0.15, -0.1) is 0 Å². The molecule has 0 heterocycles. The lowest BCUT2D eigenvalue weighted by molar-refractivity contribution is 0.416. The molecule has 3 N–H and O–H groups in total. The largest absolute Gasteiger partial charge is 0.495 e. The number of rotatable bonds is 6. The molecule has 0 saturated carbocycles. The minimum atomic E-state index is -0.360. The fourth-order valence-electron chi connectivity index (χ4n) is 2.25. The van der Waals surface area contributed by atoms with Crippen molar-refractivity contribution < 1.29 is 9.13 Å². The Morgan fingerprint density at radius 2 is 1.95 bits per heavy atom. The van der Waals surface area contributed by atoms with E-state index in [9.17, 15) is 4.39 Å². The molecule has 2 aromatic carbocycles. The van der Waals surface area contributed by atoms with Crippen LogP contribution in [0.15, 0.2) is 42.5 Å². The van der Waals surface area contributed by atoms with Crippen molar-refractivity contribution in [1.82, 2.24) is 0 Å². The van der Waals surface area contributed by atoms with E-state index in [2.05, 4.69) is 24.4 Å². The van der Waals surface area contributed by atoms with E-state index in [1.807, 2.05) is 18.2 Å². The van der Waals surface area contributed by atoms with Gasteiger partial charge in [0.05, 0.1) is 18.5 Å². The van der Waals surface area contributed by atoms with E-state index in [-0.39, 0.29) is 5.82 Å². The first-order valence-electron chi connectivity index (χ1n) is 7.03. The van der Waals surface area contributed by atoms with Gasteiger partial charge in [0.1, 0.15) is 11.6 Å². The minimum absolute atomic E-state index is 0.304. The molecule has 0 bridgehead atoms. The summed E-state index contributed by atoms with van der Waals surface area (Å²) in [7, 11) is 1.52. The van der Waals surface area contributed by atoms with Crippen LogP contribution in [0.1, 0.15) is 24.8 Å². The SMILES string of the molecule is COc1cc(NCCC(C)c2ccccc2)c(F)cc1N.